The van der Waals surface area contributed by atoms with Gasteiger partial charge in [0.05, 0.1) is 10.5 Å². The second-order valence-corrected chi connectivity index (χ2v) is 7.51. The SMILES string of the molecule is CC1(NC(=O)c2ccc(S(=O)(=O)Cl)cc2F)CCC1. The zero-order valence-electron chi connectivity index (χ0n) is 10.2. The van der Waals surface area contributed by atoms with Crippen molar-refractivity contribution in [2.45, 2.75) is 36.6 Å². The summed E-state index contributed by atoms with van der Waals surface area (Å²) in [6, 6.07) is 2.99. The van der Waals surface area contributed by atoms with Gasteiger partial charge in [0, 0.05) is 16.2 Å². The number of benzene rings is 1. The number of nitrogens with one attached hydrogen (secondary N) is 1. The third-order valence-corrected chi connectivity index (χ3v) is 4.69. The molecule has 4 nitrogen and oxygen atoms in total. The average molecular weight is 306 g/mol. The first-order valence-electron chi connectivity index (χ1n) is 5.78. The van der Waals surface area contributed by atoms with Crippen molar-refractivity contribution in [3.63, 3.8) is 0 Å². The number of hydrogen-bond acceptors (Lipinski definition) is 3. The highest BCUT2D eigenvalue weighted by Gasteiger charge is 2.34. The molecule has 0 aliphatic heterocycles. The molecular weight excluding hydrogens is 293 g/mol. The molecule has 1 amide bonds. The van der Waals surface area contributed by atoms with Gasteiger partial charge in [-0.15, -0.1) is 0 Å². The molecule has 0 atom stereocenters. The van der Waals surface area contributed by atoms with Crippen molar-refractivity contribution >= 4 is 25.6 Å². The predicted molar refractivity (Wildman–Crippen MR) is 69.2 cm³/mol. The van der Waals surface area contributed by atoms with E-state index >= 15 is 0 Å². The molecule has 0 unspecified atom stereocenters. The highest BCUT2D eigenvalue weighted by atomic mass is 35.7. The number of rotatable bonds is 3. The van der Waals surface area contributed by atoms with Crippen LogP contribution in [0, 0.1) is 5.82 Å². The molecule has 1 fully saturated rings. The topological polar surface area (TPSA) is 63.2 Å². The first kappa shape index (κ1) is 14.3. The van der Waals surface area contributed by atoms with Crippen LogP contribution in [0.2, 0.25) is 0 Å². The fourth-order valence-corrected chi connectivity index (χ4v) is 2.77. The molecule has 0 spiro atoms. The Hall–Kier alpha value is -1.14. The van der Waals surface area contributed by atoms with E-state index in [9.17, 15) is 17.6 Å². The van der Waals surface area contributed by atoms with Crippen molar-refractivity contribution in [2.75, 3.05) is 0 Å². The largest absolute Gasteiger partial charge is 0.347 e. The quantitative estimate of drug-likeness (QED) is 0.872. The van der Waals surface area contributed by atoms with E-state index in [0.717, 1.165) is 37.5 Å². The van der Waals surface area contributed by atoms with Crippen molar-refractivity contribution < 1.29 is 17.6 Å². The van der Waals surface area contributed by atoms with E-state index in [1.54, 1.807) is 0 Å². The molecule has 0 radical (unpaired) electrons. The lowest BCUT2D eigenvalue weighted by Gasteiger charge is -2.39. The molecule has 19 heavy (non-hydrogen) atoms. The summed E-state index contributed by atoms with van der Waals surface area (Å²) >= 11 is 0. The van der Waals surface area contributed by atoms with Crippen LogP contribution >= 0.6 is 10.7 Å². The van der Waals surface area contributed by atoms with Gasteiger partial charge in [0.2, 0.25) is 0 Å². The first-order valence-corrected chi connectivity index (χ1v) is 8.09. The summed E-state index contributed by atoms with van der Waals surface area (Å²) in [5.74, 6) is -1.44. The minimum atomic E-state index is -4.00. The van der Waals surface area contributed by atoms with Crippen molar-refractivity contribution in [3.05, 3.63) is 29.6 Å². The van der Waals surface area contributed by atoms with E-state index in [0.29, 0.717) is 0 Å². The summed E-state index contributed by atoms with van der Waals surface area (Å²) in [5.41, 5.74) is -0.474. The van der Waals surface area contributed by atoms with Crippen LogP contribution in [0.15, 0.2) is 23.1 Å². The van der Waals surface area contributed by atoms with Gasteiger partial charge in [0.15, 0.2) is 0 Å². The van der Waals surface area contributed by atoms with Crippen LogP contribution in [0.5, 0.6) is 0 Å². The summed E-state index contributed by atoms with van der Waals surface area (Å²) < 4.78 is 35.8. The van der Waals surface area contributed by atoms with Crippen molar-refractivity contribution in [1.29, 1.82) is 0 Å². The molecule has 1 aromatic rings. The van der Waals surface area contributed by atoms with Crippen LogP contribution < -0.4 is 5.32 Å². The molecule has 0 aromatic heterocycles. The second kappa shape index (κ2) is 4.76. The molecular formula is C12H13ClFNO3S. The van der Waals surface area contributed by atoms with Gasteiger partial charge in [0.1, 0.15) is 5.82 Å². The Morgan fingerprint density at radius 2 is 2.05 bits per heavy atom. The van der Waals surface area contributed by atoms with E-state index in [1.807, 2.05) is 6.92 Å². The molecule has 104 valence electrons. The van der Waals surface area contributed by atoms with Crippen LogP contribution in [0.1, 0.15) is 36.5 Å². The Labute approximate surface area is 115 Å². The number of carbonyl (C=O) groups excluding carboxylic acids is 1. The maximum atomic E-state index is 13.7. The van der Waals surface area contributed by atoms with Crippen LogP contribution in [0.3, 0.4) is 0 Å². The minimum absolute atomic E-state index is 0.183. The molecule has 0 heterocycles. The lowest BCUT2D eigenvalue weighted by atomic mass is 9.78. The maximum Gasteiger partial charge on any atom is 0.261 e. The predicted octanol–water partition coefficient (Wildman–Crippen LogP) is 2.43. The highest BCUT2D eigenvalue weighted by molar-refractivity contribution is 8.13. The second-order valence-electron chi connectivity index (χ2n) is 4.95. The van der Waals surface area contributed by atoms with Gasteiger partial charge in [-0.25, -0.2) is 12.8 Å². The molecule has 0 saturated heterocycles. The van der Waals surface area contributed by atoms with E-state index in [4.69, 9.17) is 10.7 Å². The Kier molecular flexibility index (Phi) is 3.57. The third kappa shape index (κ3) is 3.06. The van der Waals surface area contributed by atoms with Gasteiger partial charge in [-0.05, 0) is 44.4 Å². The zero-order chi connectivity index (χ0) is 14.3. The smallest absolute Gasteiger partial charge is 0.261 e. The van der Waals surface area contributed by atoms with Crippen LogP contribution in [0.4, 0.5) is 4.39 Å². The number of carbonyl (C=O) groups is 1. The number of halogens is 2. The Morgan fingerprint density at radius 3 is 2.47 bits per heavy atom. The zero-order valence-corrected chi connectivity index (χ0v) is 11.8. The van der Waals surface area contributed by atoms with Gasteiger partial charge in [0.25, 0.3) is 15.0 Å². The summed E-state index contributed by atoms with van der Waals surface area (Å²) in [6.07, 6.45) is 2.74. The molecule has 7 heteroatoms. The number of hydrogen-bond donors (Lipinski definition) is 1. The third-order valence-electron chi connectivity index (χ3n) is 3.34. The Balaban J connectivity index is 2.24. The van der Waals surface area contributed by atoms with E-state index < -0.39 is 20.8 Å². The monoisotopic (exact) mass is 305 g/mol. The molecule has 1 aromatic carbocycles. The van der Waals surface area contributed by atoms with Gasteiger partial charge in [-0.1, -0.05) is 0 Å². The van der Waals surface area contributed by atoms with Gasteiger partial charge in [-0.3, -0.25) is 4.79 Å². The normalized spacial score (nSPS) is 17.6. The van der Waals surface area contributed by atoms with Crippen molar-refractivity contribution in [1.82, 2.24) is 5.32 Å². The standard InChI is InChI=1S/C12H13ClFNO3S/c1-12(5-2-6-12)15-11(16)9-4-3-8(7-10(9)14)19(13,17)18/h3-4,7H,2,5-6H2,1H3,(H,15,16). The van der Waals surface area contributed by atoms with Crippen LogP contribution in [-0.2, 0) is 9.05 Å². The summed E-state index contributed by atoms with van der Waals surface area (Å²) in [5, 5.41) is 2.75. The van der Waals surface area contributed by atoms with Crippen molar-refractivity contribution in [2.24, 2.45) is 0 Å². The first-order chi connectivity index (χ1) is 8.71. The molecule has 1 aliphatic rings. The van der Waals surface area contributed by atoms with Crippen molar-refractivity contribution in [3.8, 4) is 0 Å². The highest BCUT2D eigenvalue weighted by Crippen LogP contribution is 2.31. The average Bonchev–Trinajstić information content (AvgIpc) is 2.25. The fraction of sp³-hybridized carbons (Fsp3) is 0.417. The van der Waals surface area contributed by atoms with Gasteiger partial charge >= 0.3 is 0 Å². The maximum absolute atomic E-state index is 13.7. The fourth-order valence-electron chi connectivity index (χ4n) is 2.01. The van der Waals surface area contributed by atoms with Gasteiger partial charge < -0.3 is 5.32 Å². The lowest BCUT2D eigenvalue weighted by molar-refractivity contribution is 0.0846. The summed E-state index contributed by atoms with van der Waals surface area (Å²) in [6.45, 7) is 1.89. The van der Waals surface area contributed by atoms with Crippen LogP contribution in [0.25, 0.3) is 0 Å². The Morgan fingerprint density at radius 1 is 1.42 bits per heavy atom. The van der Waals surface area contributed by atoms with E-state index in [-0.39, 0.29) is 16.0 Å². The number of amides is 1. The van der Waals surface area contributed by atoms with E-state index in [2.05, 4.69) is 5.32 Å². The van der Waals surface area contributed by atoms with Gasteiger partial charge in [-0.2, -0.15) is 0 Å². The summed E-state index contributed by atoms with van der Waals surface area (Å²) in [4.78, 5) is 11.5. The lowest BCUT2D eigenvalue weighted by Crippen LogP contribution is -2.51. The molecule has 1 saturated carbocycles. The van der Waals surface area contributed by atoms with Crippen LogP contribution in [-0.4, -0.2) is 19.9 Å². The molecule has 0 bridgehead atoms. The minimum Gasteiger partial charge on any atom is -0.347 e. The molecule has 2 rings (SSSR count). The molecule has 1 aliphatic carbocycles. The Bertz CT molecular complexity index is 626. The molecule has 1 N–H and O–H groups in total. The summed E-state index contributed by atoms with van der Waals surface area (Å²) in [7, 11) is 1.11. The van der Waals surface area contributed by atoms with E-state index in [1.165, 1.54) is 0 Å².